The molecule has 1 N–H and O–H groups in total. The highest BCUT2D eigenvalue weighted by Crippen LogP contribution is 2.32. The van der Waals surface area contributed by atoms with Gasteiger partial charge in [0, 0.05) is 25.9 Å². The van der Waals surface area contributed by atoms with Crippen LogP contribution in [-0.4, -0.2) is 31.9 Å². The molecular formula is C19H20N4O2. The van der Waals surface area contributed by atoms with E-state index in [0.29, 0.717) is 12.1 Å². The highest BCUT2D eigenvalue weighted by atomic mass is 16.2. The number of pyridine rings is 1. The molecule has 1 aromatic carbocycles. The number of nitrogens with one attached hydrogen (secondary N) is 1. The zero-order valence-electron chi connectivity index (χ0n) is 14.1. The quantitative estimate of drug-likeness (QED) is 0.782. The number of carbonyl (C=O) groups is 1. The number of benzene rings is 1. The number of aryl methyl sites for hydroxylation is 1. The van der Waals surface area contributed by atoms with E-state index >= 15 is 0 Å². The predicted molar refractivity (Wildman–Crippen MR) is 95.4 cm³/mol. The van der Waals surface area contributed by atoms with E-state index in [4.69, 9.17) is 4.98 Å². The molecule has 6 nitrogen and oxygen atoms in total. The van der Waals surface area contributed by atoms with Crippen molar-refractivity contribution in [1.29, 1.82) is 0 Å². The first-order valence-corrected chi connectivity index (χ1v) is 8.56. The lowest BCUT2D eigenvalue weighted by atomic mass is 10.0. The number of aromatic amines is 1. The van der Waals surface area contributed by atoms with Crippen LogP contribution < -0.4 is 5.56 Å². The van der Waals surface area contributed by atoms with Gasteiger partial charge in [0.25, 0.3) is 5.91 Å². The van der Waals surface area contributed by atoms with Gasteiger partial charge in [-0.15, -0.1) is 0 Å². The van der Waals surface area contributed by atoms with Crippen LogP contribution in [0.4, 0.5) is 0 Å². The Morgan fingerprint density at radius 2 is 2.04 bits per heavy atom. The topological polar surface area (TPSA) is 71.0 Å². The molecule has 1 saturated heterocycles. The Hall–Kier alpha value is -2.89. The van der Waals surface area contributed by atoms with Gasteiger partial charge in [-0.2, -0.15) is 0 Å². The fraction of sp³-hybridized carbons (Fsp3) is 0.316. The van der Waals surface area contributed by atoms with Crippen molar-refractivity contribution in [2.45, 2.75) is 25.3 Å². The van der Waals surface area contributed by atoms with Gasteiger partial charge in [0.15, 0.2) is 0 Å². The smallest absolute Gasteiger partial charge is 0.255 e. The van der Waals surface area contributed by atoms with Gasteiger partial charge in [-0.3, -0.25) is 9.59 Å². The highest BCUT2D eigenvalue weighted by Gasteiger charge is 2.31. The van der Waals surface area contributed by atoms with Gasteiger partial charge in [0.05, 0.1) is 22.6 Å². The van der Waals surface area contributed by atoms with Crippen molar-refractivity contribution in [2.75, 3.05) is 6.54 Å². The van der Waals surface area contributed by atoms with E-state index in [9.17, 15) is 9.59 Å². The minimum absolute atomic E-state index is 0.0504. The molecule has 1 aliphatic rings. The number of carbonyl (C=O) groups excluding carboxylic acids is 1. The van der Waals surface area contributed by atoms with Crippen molar-refractivity contribution >= 4 is 16.9 Å². The molecule has 4 rings (SSSR count). The Kier molecular flexibility index (Phi) is 3.87. The zero-order valence-corrected chi connectivity index (χ0v) is 14.1. The molecule has 1 fully saturated rings. The number of amides is 1. The molecule has 0 unspecified atom stereocenters. The normalized spacial score (nSPS) is 17.8. The summed E-state index contributed by atoms with van der Waals surface area (Å²) in [4.78, 5) is 33.5. The minimum atomic E-state index is -0.206. The van der Waals surface area contributed by atoms with Gasteiger partial charge in [-0.05, 0) is 37.5 Å². The lowest BCUT2D eigenvalue weighted by Gasteiger charge is -2.35. The average molecular weight is 336 g/mol. The number of likely N-dealkylation sites (tertiary alicyclic amines) is 1. The third kappa shape index (κ3) is 2.73. The summed E-state index contributed by atoms with van der Waals surface area (Å²) >= 11 is 0. The van der Waals surface area contributed by atoms with E-state index in [2.05, 4.69) is 9.55 Å². The number of imidazole rings is 1. The molecule has 1 aliphatic heterocycles. The first-order chi connectivity index (χ1) is 12.1. The predicted octanol–water partition coefficient (Wildman–Crippen LogP) is 2.63. The van der Waals surface area contributed by atoms with Crippen LogP contribution in [-0.2, 0) is 7.05 Å². The van der Waals surface area contributed by atoms with Crippen LogP contribution in [0.25, 0.3) is 11.0 Å². The van der Waals surface area contributed by atoms with Crippen LogP contribution in [0.15, 0.2) is 47.4 Å². The number of H-pyrrole nitrogens is 1. The Morgan fingerprint density at radius 1 is 1.20 bits per heavy atom. The molecular weight excluding hydrogens is 316 g/mol. The molecule has 25 heavy (non-hydrogen) atoms. The summed E-state index contributed by atoms with van der Waals surface area (Å²) in [6, 6.07) is 10.9. The lowest BCUT2D eigenvalue weighted by Crippen LogP contribution is -2.39. The van der Waals surface area contributed by atoms with Crippen LogP contribution in [0.2, 0.25) is 0 Å². The van der Waals surface area contributed by atoms with E-state index in [-0.39, 0.29) is 17.5 Å². The van der Waals surface area contributed by atoms with E-state index in [1.807, 2.05) is 36.2 Å². The Balaban J connectivity index is 1.73. The van der Waals surface area contributed by atoms with Gasteiger partial charge in [-0.1, -0.05) is 12.1 Å². The first-order valence-electron chi connectivity index (χ1n) is 8.56. The molecule has 3 aromatic rings. The summed E-state index contributed by atoms with van der Waals surface area (Å²) < 4.78 is 2.08. The lowest BCUT2D eigenvalue weighted by molar-refractivity contribution is 0.0596. The largest absolute Gasteiger partial charge is 0.329 e. The summed E-state index contributed by atoms with van der Waals surface area (Å²) in [6.45, 7) is 0.700. The summed E-state index contributed by atoms with van der Waals surface area (Å²) in [5.74, 6) is 0.853. The first kappa shape index (κ1) is 15.6. The fourth-order valence-corrected chi connectivity index (χ4v) is 3.61. The van der Waals surface area contributed by atoms with E-state index < -0.39 is 0 Å². The van der Waals surface area contributed by atoms with Crippen molar-refractivity contribution in [3.8, 4) is 0 Å². The van der Waals surface area contributed by atoms with Crippen molar-refractivity contribution in [3.05, 3.63) is 64.3 Å². The molecule has 128 valence electrons. The van der Waals surface area contributed by atoms with Crippen molar-refractivity contribution in [3.63, 3.8) is 0 Å². The third-order valence-electron chi connectivity index (χ3n) is 4.91. The Morgan fingerprint density at radius 3 is 2.80 bits per heavy atom. The van der Waals surface area contributed by atoms with Crippen LogP contribution in [0.5, 0.6) is 0 Å². The molecule has 0 aliphatic carbocycles. The molecule has 2 aromatic heterocycles. The Bertz CT molecular complexity index is 968. The second kappa shape index (κ2) is 6.20. The molecule has 0 saturated carbocycles. The monoisotopic (exact) mass is 336 g/mol. The van der Waals surface area contributed by atoms with Gasteiger partial charge in [0.2, 0.25) is 5.56 Å². The summed E-state index contributed by atoms with van der Waals surface area (Å²) in [5.41, 5.74) is 2.31. The number of para-hydroxylation sites is 2. The number of aromatic nitrogens is 3. The van der Waals surface area contributed by atoms with Crippen molar-refractivity contribution in [1.82, 2.24) is 19.4 Å². The summed E-state index contributed by atoms with van der Waals surface area (Å²) in [5, 5.41) is 0. The minimum Gasteiger partial charge on any atom is -0.329 e. The molecule has 0 spiro atoms. The number of piperidine rings is 1. The number of hydrogen-bond acceptors (Lipinski definition) is 3. The number of fused-ring (bicyclic) bond motifs is 1. The van der Waals surface area contributed by atoms with Gasteiger partial charge >= 0.3 is 0 Å². The number of nitrogens with zero attached hydrogens (tertiary/aromatic N) is 3. The van der Waals surface area contributed by atoms with E-state index in [1.54, 1.807) is 6.07 Å². The zero-order chi connectivity index (χ0) is 17.4. The van der Waals surface area contributed by atoms with Crippen LogP contribution in [0.1, 0.15) is 41.5 Å². The van der Waals surface area contributed by atoms with Gasteiger partial charge in [0.1, 0.15) is 5.82 Å². The molecule has 0 radical (unpaired) electrons. The summed E-state index contributed by atoms with van der Waals surface area (Å²) in [7, 11) is 2.00. The van der Waals surface area contributed by atoms with E-state index in [0.717, 1.165) is 36.1 Å². The fourth-order valence-electron chi connectivity index (χ4n) is 3.61. The van der Waals surface area contributed by atoms with Crippen molar-refractivity contribution in [2.24, 2.45) is 7.05 Å². The van der Waals surface area contributed by atoms with Crippen LogP contribution in [0.3, 0.4) is 0 Å². The standard InChI is InChI=1S/C19H20N4O2/c1-22-15-7-3-2-6-14(15)21-18(22)16-8-4-5-11-23(16)19(25)13-9-10-17(24)20-12-13/h2-3,6-7,9-10,12,16H,4-5,8,11H2,1H3,(H,20,24)/t16-/m0/s1. The number of rotatable bonds is 2. The van der Waals surface area contributed by atoms with Gasteiger partial charge in [-0.25, -0.2) is 4.98 Å². The molecule has 3 heterocycles. The maximum Gasteiger partial charge on any atom is 0.255 e. The van der Waals surface area contributed by atoms with Crippen molar-refractivity contribution < 1.29 is 4.79 Å². The second-order valence-electron chi connectivity index (χ2n) is 6.47. The maximum atomic E-state index is 13.0. The SMILES string of the molecule is Cn1c([C@@H]2CCCCN2C(=O)c2ccc(=O)[nH]c2)nc2ccccc21. The second-order valence-corrected chi connectivity index (χ2v) is 6.47. The molecule has 1 atom stereocenters. The summed E-state index contributed by atoms with van der Waals surface area (Å²) in [6.07, 6.45) is 4.44. The van der Waals surface area contributed by atoms with Gasteiger partial charge < -0.3 is 14.5 Å². The average Bonchev–Trinajstić information content (AvgIpc) is 2.99. The van der Waals surface area contributed by atoms with Crippen LogP contribution >= 0.6 is 0 Å². The third-order valence-corrected chi connectivity index (χ3v) is 4.91. The van der Waals surface area contributed by atoms with Crippen LogP contribution in [0, 0.1) is 0 Å². The molecule has 1 amide bonds. The highest BCUT2D eigenvalue weighted by molar-refractivity contribution is 5.94. The Labute approximate surface area is 145 Å². The van der Waals surface area contributed by atoms with E-state index in [1.165, 1.54) is 12.3 Å². The molecule has 0 bridgehead atoms. The number of hydrogen-bond donors (Lipinski definition) is 1. The maximum absolute atomic E-state index is 13.0. The molecule has 6 heteroatoms.